The van der Waals surface area contributed by atoms with Crippen LogP contribution in [0.5, 0.6) is 0 Å². The molecule has 3 heterocycles. The van der Waals surface area contributed by atoms with Gasteiger partial charge in [-0.05, 0) is 11.5 Å². The van der Waals surface area contributed by atoms with Crippen LogP contribution in [-0.2, 0) is 10.1 Å². The van der Waals surface area contributed by atoms with E-state index >= 15 is 0 Å². The summed E-state index contributed by atoms with van der Waals surface area (Å²) in [6.45, 7) is 5.22. The van der Waals surface area contributed by atoms with Gasteiger partial charge in [-0.3, -0.25) is 4.55 Å². The van der Waals surface area contributed by atoms with Crippen molar-refractivity contribution in [2.24, 2.45) is 5.41 Å². The maximum Gasteiger partial charge on any atom is 0.266 e. The predicted octanol–water partition coefficient (Wildman–Crippen LogP) is 3.01. The summed E-state index contributed by atoms with van der Waals surface area (Å²) in [5.41, 5.74) is 0.186. The molecule has 0 aliphatic heterocycles. The summed E-state index contributed by atoms with van der Waals surface area (Å²) in [6.07, 6.45) is 3.52. The third-order valence-corrected chi connectivity index (χ3v) is 4.97. The molecule has 0 fully saturated rings. The summed E-state index contributed by atoms with van der Waals surface area (Å²) >= 11 is 0. The summed E-state index contributed by atoms with van der Waals surface area (Å²) < 4.78 is 59.7. The van der Waals surface area contributed by atoms with E-state index in [4.69, 9.17) is 0 Å². The minimum Gasteiger partial charge on any atom is -0.363 e. The second kappa shape index (κ2) is 7.06. The minimum absolute atomic E-state index is 0.0991. The number of hydrogen-bond acceptors (Lipinski definition) is 6. The van der Waals surface area contributed by atoms with Gasteiger partial charge in [-0.1, -0.05) is 20.8 Å². The molecule has 0 aliphatic rings. The molecule has 150 valence electrons. The van der Waals surface area contributed by atoms with Gasteiger partial charge in [0.15, 0.2) is 17.5 Å². The van der Waals surface area contributed by atoms with E-state index in [1.807, 2.05) is 0 Å². The normalized spacial score (nSPS) is 13.6. The van der Waals surface area contributed by atoms with Crippen molar-refractivity contribution in [2.75, 3.05) is 11.1 Å². The van der Waals surface area contributed by atoms with E-state index in [2.05, 4.69) is 25.3 Å². The number of aromatic nitrogens is 4. The Morgan fingerprint density at radius 1 is 1.25 bits per heavy atom. The first-order valence-corrected chi connectivity index (χ1v) is 9.92. The Bertz CT molecular complexity index is 1130. The molecule has 0 aliphatic carbocycles. The van der Waals surface area contributed by atoms with Crippen LogP contribution in [0.15, 0.2) is 24.7 Å². The second-order valence-electron chi connectivity index (χ2n) is 7.45. The molecular formula is C17H19F2N5O3S. The maximum absolute atomic E-state index is 14.3. The highest BCUT2D eigenvalue weighted by Gasteiger charge is 2.30. The maximum atomic E-state index is 14.3. The van der Waals surface area contributed by atoms with Gasteiger partial charge in [0, 0.05) is 23.2 Å². The molecule has 3 N–H and O–H groups in total. The number of pyridine rings is 1. The zero-order valence-electron chi connectivity index (χ0n) is 15.4. The Labute approximate surface area is 160 Å². The summed E-state index contributed by atoms with van der Waals surface area (Å²) in [4.78, 5) is 14.9. The zero-order valence-corrected chi connectivity index (χ0v) is 16.2. The lowest BCUT2D eigenvalue weighted by atomic mass is 9.88. The third-order valence-electron chi connectivity index (χ3n) is 4.22. The Morgan fingerprint density at radius 3 is 2.61 bits per heavy atom. The monoisotopic (exact) mass is 411 g/mol. The highest BCUT2D eigenvalue weighted by molar-refractivity contribution is 7.85. The lowest BCUT2D eigenvalue weighted by molar-refractivity contribution is 0.351. The molecule has 0 saturated heterocycles. The molecule has 28 heavy (non-hydrogen) atoms. The van der Waals surface area contributed by atoms with E-state index in [0.29, 0.717) is 16.6 Å². The molecule has 3 aromatic rings. The Hall–Kier alpha value is -2.66. The first kappa shape index (κ1) is 20.1. The summed E-state index contributed by atoms with van der Waals surface area (Å²) in [5, 5.41) is 3.16. The highest BCUT2D eigenvalue weighted by atomic mass is 32.2. The molecule has 0 radical (unpaired) electrons. The Morgan fingerprint density at radius 2 is 1.96 bits per heavy atom. The van der Waals surface area contributed by atoms with Crippen LogP contribution in [0.1, 0.15) is 20.8 Å². The number of aromatic amines is 1. The van der Waals surface area contributed by atoms with E-state index in [-0.39, 0.29) is 11.6 Å². The molecule has 0 spiro atoms. The second-order valence-corrected chi connectivity index (χ2v) is 8.95. The van der Waals surface area contributed by atoms with E-state index in [1.54, 1.807) is 20.8 Å². The van der Waals surface area contributed by atoms with Crippen LogP contribution in [0.3, 0.4) is 0 Å². The van der Waals surface area contributed by atoms with Crippen LogP contribution in [0.4, 0.5) is 14.6 Å². The molecule has 0 bridgehead atoms. The molecule has 1 atom stereocenters. The number of nitrogens with zero attached hydrogens (tertiary/aromatic N) is 3. The average molecular weight is 411 g/mol. The van der Waals surface area contributed by atoms with Crippen molar-refractivity contribution in [3.05, 3.63) is 36.3 Å². The fraction of sp³-hybridized carbons (Fsp3) is 0.353. The summed E-state index contributed by atoms with van der Waals surface area (Å²) in [6, 6.07) is 0.423. The van der Waals surface area contributed by atoms with Crippen molar-refractivity contribution < 1.29 is 21.8 Å². The van der Waals surface area contributed by atoms with E-state index in [9.17, 15) is 21.8 Å². The number of H-pyrrole nitrogens is 1. The topological polar surface area (TPSA) is 121 Å². The molecule has 8 nitrogen and oxygen atoms in total. The quantitative estimate of drug-likeness (QED) is 0.552. The molecule has 0 saturated carbocycles. The van der Waals surface area contributed by atoms with Crippen molar-refractivity contribution in [1.29, 1.82) is 0 Å². The van der Waals surface area contributed by atoms with Crippen molar-refractivity contribution >= 4 is 27.0 Å². The smallest absolute Gasteiger partial charge is 0.266 e. The number of anilines is 1. The molecule has 3 aromatic heterocycles. The third kappa shape index (κ3) is 4.42. The first-order chi connectivity index (χ1) is 12.9. The Kier molecular flexibility index (Phi) is 5.06. The zero-order chi connectivity index (χ0) is 20.7. The van der Waals surface area contributed by atoms with E-state index in [1.165, 1.54) is 12.3 Å². The number of nitrogens with one attached hydrogen (secondary N) is 2. The van der Waals surface area contributed by atoms with Crippen LogP contribution in [0, 0.1) is 17.0 Å². The lowest BCUT2D eigenvalue weighted by Crippen LogP contribution is -2.40. The average Bonchev–Trinajstić information content (AvgIpc) is 2.97. The van der Waals surface area contributed by atoms with Crippen LogP contribution in [0.2, 0.25) is 0 Å². The van der Waals surface area contributed by atoms with Crippen LogP contribution >= 0.6 is 0 Å². The highest BCUT2D eigenvalue weighted by Crippen LogP contribution is 2.29. The fourth-order valence-electron chi connectivity index (χ4n) is 2.64. The van der Waals surface area contributed by atoms with Gasteiger partial charge in [0.05, 0.1) is 18.1 Å². The van der Waals surface area contributed by atoms with Gasteiger partial charge in [-0.2, -0.15) is 8.42 Å². The van der Waals surface area contributed by atoms with Gasteiger partial charge in [0.25, 0.3) is 10.1 Å². The van der Waals surface area contributed by atoms with Crippen molar-refractivity contribution in [3.8, 4) is 11.4 Å². The minimum atomic E-state index is -4.31. The van der Waals surface area contributed by atoms with Crippen molar-refractivity contribution in [3.63, 3.8) is 0 Å². The molecule has 0 amide bonds. The number of rotatable bonds is 5. The summed E-state index contributed by atoms with van der Waals surface area (Å²) in [5.74, 6) is -2.10. The lowest BCUT2D eigenvalue weighted by Gasteiger charge is -2.31. The Balaban J connectivity index is 2.02. The fourth-order valence-corrected chi connectivity index (χ4v) is 3.65. The number of halogens is 2. The van der Waals surface area contributed by atoms with Gasteiger partial charge in [0.2, 0.25) is 0 Å². The van der Waals surface area contributed by atoms with Gasteiger partial charge < -0.3 is 10.3 Å². The molecule has 11 heteroatoms. The van der Waals surface area contributed by atoms with Gasteiger partial charge >= 0.3 is 0 Å². The predicted molar refractivity (Wildman–Crippen MR) is 100 cm³/mol. The van der Waals surface area contributed by atoms with E-state index < -0.39 is 39.0 Å². The van der Waals surface area contributed by atoms with Crippen molar-refractivity contribution in [1.82, 2.24) is 19.9 Å². The molecule has 3 rings (SSSR count). The largest absolute Gasteiger partial charge is 0.363 e. The molecule has 0 aromatic carbocycles. The van der Waals surface area contributed by atoms with Crippen LogP contribution in [0.25, 0.3) is 22.4 Å². The van der Waals surface area contributed by atoms with Gasteiger partial charge in [-0.15, -0.1) is 0 Å². The van der Waals surface area contributed by atoms with Gasteiger partial charge in [0.1, 0.15) is 11.5 Å². The SMILES string of the molecule is CC(C)(C)C(CS(=O)(=O)O)Nc1nc(-c2c[nH]c3ncc(F)cc23)ncc1F. The van der Waals surface area contributed by atoms with Crippen LogP contribution < -0.4 is 5.32 Å². The number of fused-ring (bicyclic) bond motifs is 1. The summed E-state index contributed by atoms with van der Waals surface area (Å²) in [7, 11) is -4.31. The first-order valence-electron chi connectivity index (χ1n) is 8.31. The van der Waals surface area contributed by atoms with Crippen LogP contribution in [-0.4, -0.2) is 44.7 Å². The standard InChI is InChI=1S/C17H19F2N5O3S/c1-17(2,3)13(8-28(25,26)27)23-16-12(19)7-22-15(24-16)11-6-21-14-10(11)4-9(18)5-20-14/h4-7,13H,8H2,1-3H3,(H,20,21)(H,22,23,24)(H,25,26,27). The van der Waals surface area contributed by atoms with Gasteiger partial charge in [-0.25, -0.2) is 23.7 Å². The van der Waals surface area contributed by atoms with E-state index in [0.717, 1.165) is 12.4 Å². The molecular weight excluding hydrogens is 392 g/mol. The van der Waals surface area contributed by atoms with Crippen molar-refractivity contribution in [2.45, 2.75) is 26.8 Å². The molecule has 1 unspecified atom stereocenters. The number of hydrogen-bond donors (Lipinski definition) is 3.